The molecular weight excluding hydrogens is 238 g/mol. The molecule has 1 atom stereocenters. The van der Waals surface area contributed by atoms with Crippen LogP contribution in [0.25, 0.3) is 0 Å². The standard InChI is InChI=1S/C16H19NO2/c1-2-16(13-6-8-15(19)9-7-13)17-14-5-3-4-12(10-14)11-18/h3-10,16-19H,2,11H2,1H3. The maximum absolute atomic E-state index is 9.32. The van der Waals surface area contributed by atoms with Gasteiger partial charge in [-0.15, -0.1) is 0 Å². The van der Waals surface area contributed by atoms with E-state index in [1.54, 1.807) is 12.1 Å². The number of nitrogens with one attached hydrogen (secondary N) is 1. The molecule has 3 heteroatoms. The van der Waals surface area contributed by atoms with E-state index in [4.69, 9.17) is 5.11 Å². The Balaban J connectivity index is 2.16. The number of aliphatic hydroxyl groups is 1. The highest BCUT2D eigenvalue weighted by Crippen LogP contribution is 2.24. The molecule has 19 heavy (non-hydrogen) atoms. The summed E-state index contributed by atoms with van der Waals surface area (Å²) in [5.41, 5.74) is 3.02. The Bertz CT molecular complexity index is 523. The fourth-order valence-electron chi connectivity index (χ4n) is 2.09. The van der Waals surface area contributed by atoms with E-state index in [0.717, 1.165) is 23.2 Å². The third-order valence-corrected chi connectivity index (χ3v) is 3.15. The topological polar surface area (TPSA) is 52.5 Å². The first-order chi connectivity index (χ1) is 9.22. The van der Waals surface area contributed by atoms with Gasteiger partial charge in [0.05, 0.1) is 12.6 Å². The number of benzene rings is 2. The Morgan fingerprint density at radius 3 is 2.47 bits per heavy atom. The van der Waals surface area contributed by atoms with Crippen molar-refractivity contribution in [2.75, 3.05) is 5.32 Å². The molecule has 0 saturated carbocycles. The maximum atomic E-state index is 9.32. The van der Waals surface area contributed by atoms with Crippen molar-refractivity contribution in [3.63, 3.8) is 0 Å². The van der Waals surface area contributed by atoms with Gasteiger partial charge in [-0.25, -0.2) is 0 Å². The fraction of sp³-hybridized carbons (Fsp3) is 0.250. The van der Waals surface area contributed by atoms with Gasteiger partial charge in [0.2, 0.25) is 0 Å². The van der Waals surface area contributed by atoms with Crippen LogP contribution in [0.3, 0.4) is 0 Å². The number of phenolic OH excluding ortho intramolecular Hbond substituents is 1. The highest BCUT2D eigenvalue weighted by Gasteiger charge is 2.09. The molecule has 0 fully saturated rings. The van der Waals surface area contributed by atoms with Crippen LogP contribution < -0.4 is 5.32 Å². The van der Waals surface area contributed by atoms with Gasteiger partial charge in [0.25, 0.3) is 0 Å². The van der Waals surface area contributed by atoms with Crippen LogP contribution in [0.15, 0.2) is 48.5 Å². The first kappa shape index (κ1) is 13.4. The maximum Gasteiger partial charge on any atom is 0.115 e. The average molecular weight is 257 g/mol. The van der Waals surface area contributed by atoms with Crippen molar-refractivity contribution in [1.82, 2.24) is 0 Å². The number of hydrogen-bond donors (Lipinski definition) is 3. The molecule has 1 unspecified atom stereocenters. The molecule has 2 aromatic carbocycles. The summed E-state index contributed by atoms with van der Waals surface area (Å²) in [7, 11) is 0. The van der Waals surface area contributed by atoms with Gasteiger partial charge in [-0.2, -0.15) is 0 Å². The molecular formula is C16H19NO2. The SMILES string of the molecule is CCC(Nc1cccc(CO)c1)c1ccc(O)cc1. The van der Waals surface area contributed by atoms with E-state index in [-0.39, 0.29) is 18.4 Å². The molecule has 0 aliphatic rings. The number of phenols is 1. The first-order valence-electron chi connectivity index (χ1n) is 6.48. The minimum atomic E-state index is 0.0471. The minimum absolute atomic E-state index is 0.0471. The molecule has 0 amide bonds. The van der Waals surface area contributed by atoms with Crippen LogP contribution in [0, 0.1) is 0 Å². The van der Waals surface area contributed by atoms with Crippen molar-refractivity contribution >= 4 is 5.69 Å². The van der Waals surface area contributed by atoms with Gasteiger partial charge >= 0.3 is 0 Å². The average Bonchev–Trinajstić information content (AvgIpc) is 2.46. The number of anilines is 1. The lowest BCUT2D eigenvalue weighted by Crippen LogP contribution is -2.09. The van der Waals surface area contributed by atoms with Gasteiger partial charge in [0, 0.05) is 5.69 Å². The molecule has 0 aliphatic carbocycles. The highest BCUT2D eigenvalue weighted by molar-refractivity contribution is 5.48. The van der Waals surface area contributed by atoms with Crippen molar-refractivity contribution in [1.29, 1.82) is 0 Å². The lowest BCUT2D eigenvalue weighted by molar-refractivity contribution is 0.282. The van der Waals surface area contributed by atoms with Crippen LogP contribution in [0.4, 0.5) is 5.69 Å². The van der Waals surface area contributed by atoms with Gasteiger partial charge < -0.3 is 15.5 Å². The van der Waals surface area contributed by atoms with E-state index < -0.39 is 0 Å². The third kappa shape index (κ3) is 3.48. The van der Waals surface area contributed by atoms with Crippen LogP contribution >= 0.6 is 0 Å². The monoisotopic (exact) mass is 257 g/mol. The lowest BCUT2D eigenvalue weighted by atomic mass is 10.0. The number of hydrogen-bond acceptors (Lipinski definition) is 3. The second-order valence-electron chi connectivity index (χ2n) is 4.56. The van der Waals surface area contributed by atoms with E-state index >= 15 is 0 Å². The van der Waals surface area contributed by atoms with Crippen LogP contribution in [-0.2, 0) is 6.61 Å². The molecule has 2 rings (SSSR count). The second kappa shape index (κ2) is 6.25. The normalized spacial score (nSPS) is 12.1. The Labute approximate surface area is 113 Å². The first-order valence-corrected chi connectivity index (χ1v) is 6.48. The van der Waals surface area contributed by atoms with Gasteiger partial charge in [-0.3, -0.25) is 0 Å². The molecule has 0 radical (unpaired) electrons. The van der Waals surface area contributed by atoms with Gasteiger partial charge in [-0.05, 0) is 41.8 Å². The van der Waals surface area contributed by atoms with E-state index in [2.05, 4.69) is 12.2 Å². The predicted octanol–water partition coefficient (Wildman–Crippen LogP) is 3.45. The Morgan fingerprint density at radius 1 is 1.11 bits per heavy atom. The number of aliphatic hydroxyl groups excluding tert-OH is 1. The van der Waals surface area contributed by atoms with Crippen LogP contribution in [0.5, 0.6) is 5.75 Å². The summed E-state index contributed by atoms with van der Waals surface area (Å²) >= 11 is 0. The van der Waals surface area contributed by atoms with Crippen molar-refractivity contribution in [2.24, 2.45) is 0 Å². The molecule has 3 nitrogen and oxygen atoms in total. The Hall–Kier alpha value is -2.00. The zero-order valence-corrected chi connectivity index (χ0v) is 11.0. The summed E-state index contributed by atoms with van der Waals surface area (Å²) in [5.74, 6) is 0.279. The van der Waals surface area contributed by atoms with Crippen LogP contribution in [0.2, 0.25) is 0 Å². The Kier molecular flexibility index (Phi) is 4.42. The molecule has 100 valence electrons. The van der Waals surface area contributed by atoms with Crippen molar-refractivity contribution in [2.45, 2.75) is 26.0 Å². The van der Waals surface area contributed by atoms with E-state index in [1.807, 2.05) is 36.4 Å². The van der Waals surface area contributed by atoms with Crippen LogP contribution in [0.1, 0.15) is 30.5 Å². The molecule has 3 N–H and O–H groups in total. The second-order valence-corrected chi connectivity index (χ2v) is 4.56. The minimum Gasteiger partial charge on any atom is -0.508 e. The van der Waals surface area contributed by atoms with E-state index in [1.165, 1.54) is 0 Å². The summed E-state index contributed by atoms with van der Waals surface area (Å²) in [5, 5.41) is 21.9. The summed E-state index contributed by atoms with van der Waals surface area (Å²) in [6.07, 6.45) is 0.939. The van der Waals surface area contributed by atoms with Crippen molar-refractivity contribution < 1.29 is 10.2 Å². The molecule has 0 aliphatic heterocycles. The summed E-state index contributed by atoms with van der Waals surface area (Å²) in [6.45, 7) is 2.16. The molecule has 0 bridgehead atoms. The molecule has 2 aromatic rings. The van der Waals surface area contributed by atoms with Crippen LogP contribution in [-0.4, -0.2) is 10.2 Å². The number of rotatable bonds is 5. The quantitative estimate of drug-likeness (QED) is 0.769. The summed E-state index contributed by atoms with van der Waals surface area (Å²) in [6, 6.07) is 15.2. The summed E-state index contributed by atoms with van der Waals surface area (Å²) in [4.78, 5) is 0. The van der Waals surface area contributed by atoms with Gasteiger partial charge in [-0.1, -0.05) is 31.2 Å². The van der Waals surface area contributed by atoms with E-state index in [0.29, 0.717) is 0 Å². The Morgan fingerprint density at radius 2 is 1.84 bits per heavy atom. The lowest BCUT2D eigenvalue weighted by Gasteiger charge is -2.19. The van der Waals surface area contributed by atoms with Gasteiger partial charge in [0.1, 0.15) is 5.75 Å². The zero-order valence-electron chi connectivity index (χ0n) is 11.0. The molecule has 0 saturated heterocycles. The van der Waals surface area contributed by atoms with Crippen molar-refractivity contribution in [3.8, 4) is 5.75 Å². The molecule has 0 spiro atoms. The fourth-order valence-corrected chi connectivity index (χ4v) is 2.09. The third-order valence-electron chi connectivity index (χ3n) is 3.15. The van der Waals surface area contributed by atoms with Crippen molar-refractivity contribution in [3.05, 3.63) is 59.7 Å². The molecule has 0 aromatic heterocycles. The highest BCUT2D eigenvalue weighted by atomic mass is 16.3. The summed E-state index contributed by atoms with van der Waals surface area (Å²) < 4.78 is 0. The van der Waals surface area contributed by atoms with Gasteiger partial charge in [0.15, 0.2) is 0 Å². The zero-order chi connectivity index (χ0) is 13.7. The molecule has 0 heterocycles. The largest absolute Gasteiger partial charge is 0.508 e. The number of aromatic hydroxyl groups is 1. The predicted molar refractivity (Wildman–Crippen MR) is 77.1 cm³/mol. The van der Waals surface area contributed by atoms with E-state index in [9.17, 15) is 5.11 Å². The smallest absolute Gasteiger partial charge is 0.115 e.